The van der Waals surface area contributed by atoms with E-state index in [1.807, 2.05) is 0 Å². The summed E-state index contributed by atoms with van der Waals surface area (Å²) in [7, 11) is 0. The Labute approximate surface area is 97.6 Å². The minimum absolute atomic E-state index is 0. The molecule has 0 heterocycles. The van der Waals surface area contributed by atoms with Gasteiger partial charge in [-0.3, -0.25) is 0 Å². The molecule has 0 aromatic heterocycles. The van der Waals surface area contributed by atoms with Gasteiger partial charge in [0.25, 0.3) is 0 Å². The van der Waals surface area contributed by atoms with Crippen molar-refractivity contribution in [3.63, 3.8) is 0 Å². The molecule has 0 aromatic rings. The molecule has 34 valence electrons. The summed E-state index contributed by atoms with van der Waals surface area (Å²) in [4.78, 5) is 0. The van der Waals surface area contributed by atoms with E-state index in [1.54, 1.807) is 0 Å². The molecular weight excluding hydrogens is 405 g/mol. The topological polar surface area (TPSA) is 0 Å². The van der Waals surface area contributed by atoms with Gasteiger partial charge in [0.1, 0.15) is 0 Å². The molecule has 0 aliphatic carbocycles. The zero-order valence-electron chi connectivity index (χ0n) is 1.41. The van der Waals surface area contributed by atoms with Crippen LogP contribution in [0.4, 0.5) is 0 Å². The van der Waals surface area contributed by atoms with Crippen LogP contribution in [0.5, 0.6) is 0 Å². The molecule has 0 aliphatic rings. The van der Waals surface area contributed by atoms with Crippen LogP contribution in [0.25, 0.3) is 0 Å². The quantitative estimate of drug-likeness (QED) is 0.273. The number of rotatable bonds is 0. The van der Waals surface area contributed by atoms with Gasteiger partial charge >= 0.3 is 89.4 Å². The molecule has 0 fully saturated rings. The zero-order chi connectivity index (χ0) is 0. The van der Waals surface area contributed by atoms with E-state index < -0.39 is 0 Å². The maximum atomic E-state index is 0. The van der Waals surface area contributed by atoms with Crippen LogP contribution in [0.15, 0.2) is 0 Å². The summed E-state index contributed by atoms with van der Waals surface area (Å²) < 4.78 is 0. The Bertz CT molecular complexity index is 9.61. The Morgan fingerprint density at radius 1 is 0.800 bits per heavy atom. The van der Waals surface area contributed by atoms with Crippen LogP contribution in [-0.4, -0.2) is 89.4 Å². The SMILES string of the molecule is P.[AsH3].[GaH3].[InH3].[InH3]. The fourth-order valence-electron chi connectivity index (χ4n) is 0. The Morgan fingerprint density at radius 2 is 0.800 bits per heavy atom. The van der Waals surface area contributed by atoms with Gasteiger partial charge in [-0.2, -0.15) is 9.90 Å². The van der Waals surface area contributed by atoms with Gasteiger partial charge in [0.2, 0.25) is 0 Å². The summed E-state index contributed by atoms with van der Waals surface area (Å²) in [5.41, 5.74) is 0. The summed E-state index contributed by atoms with van der Waals surface area (Å²) in [6.45, 7) is 0. The fourth-order valence-corrected chi connectivity index (χ4v) is 0. The molecule has 5 heteroatoms. The van der Waals surface area contributed by atoms with E-state index in [-0.39, 0.29) is 99.3 Å². The molecule has 0 saturated heterocycles. The van der Waals surface area contributed by atoms with Crippen LogP contribution >= 0.6 is 9.90 Å². The van der Waals surface area contributed by atoms with Crippen LogP contribution in [0, 0.1) is 0 Å². The molecule has 2 atom stereocenters. The average molecular weight is 420 g/mol. The fraction of sp³-hybridized carbons (Fsp3) is 0. The molecule has 0 bridgehead atoms. The van der Waals surface area contributed by atoms with E-state index in [9.17, 15) is 0 Å². The second-order valence-corrected chi connectivity index (χ2v) is 0. The first-order valence-corrected chi connectivity index (χ1v) is 0. The molecule has 2 unspecified atom stereocenters. The van der Waals surface area contributed by atoms with Gasteiger partial charge in [-0.1, -0.05) is 0 Å². The predicted molar refractivity (Wildman–Crippen MR) is 50.9 cm³/mol. The number of hydrogen-bond donors (Lipinski definition) is 0. The van der Waals surface area contributed by atoms with Gasteiger partial charge in [-0.25, -0.2) is 0 Å². The minimum atomic E-state index is 0. The van der Waals surface area contributed by atoms with Crippen molar-refractivity contribution in [3.05, 3.63) is 0 Å². The Kier molecular flexibility index (Phi) is 211. The Morgan fingerprint density at radius 3 is 0.800 bits per heavy atom. The van der Waals surface area contributed by atoms with E-state index in [1.165, 1.54) is 0 Å². The molecule has 0 radical (unpaired) electrons. The third-order valence-electron chi connectivity index (χ3n) is 0. The molecule has 0 N–H and O–H groups in total. The summed E-state index contributed by atoms with van der Waals surface area (Å²) in [6.07, 6.45) is 0. The van der Waals surface area contributed by atoms with Crippen molar-refractivity contribution in [2.24, 2.45) is 0 Å². The van der Waals surface area contributed by atoms with Crippen LogP contribution in [0.2, 0.25) is 0 Å². The summed E-state index contributed by atoms with van der Waals surface area (Å²) in [5.74, 6) is 0. The van der Waals surface area contributed by atoms with Crippen LogP contribution < -0.4 is 0 Å². The van der Waals surface area contributed by atoms with E-state index in [0.717, 1.165) is 0 Å². The molecule has 0 saturated carbocycles. The van der Waals surface area contributed by atoms with Gasteiger partial charge in [0.05, 0.1) is 0 Å². The van der Waals surface area contributed by atoms with E-state index >= 15 is 0 Å². The first-order chi connectivity index (χ1) is 0. The predicted octanol–water partition coefficient (Wildman–Crippen LogP) is -4.68. The van der Waals surface area contributed by atoms with Crippen LogP contribution in [0.3, 0.4) is 0 Å². The van der Waals surface area contributed by atoms with Crippen LogP contribution in [-0.2, 0) is 0 Å². The second kappa shape index (κ2) is 26.4. The van der Waals surface area contributed by atoms with Crippen molar-refractivity contribution in [3.8, 4) is 0 Å². The summed E-state index contributed by atoms with van der Waals surface area (Å²) in [5, 5.41) is 0. The molecule has 0 aliphatic heterocycles. The average Bonchev–Trinajstić information content (AvgIpc) is 0. The van der Waals surface area contributed by atoms with Gasteiger partial charge < -0.3 is 0 Å². The van der Waals surface area contributed by atoms with E-state index in [2.05, 4.69) is 0 Å². The Hall–Kier alpha value is 3.37. The van der Waals surface area contributed by atoms with Gasteiger partial charge in [0.15, 0.2) is 0 Å². The molecule has 0 nitrogen and oxygen atoms in total. The van der Waals surface area contributed by atoms with Crippen LogP contribution in [0.1, 0.15) is 0 Å². The first kappa shape index (κ1) is 40.1. The third kappa shape index (κ3) is 18.7. The van der Waals surface area contributed by atoms with E-state index in [4.69, 9.17) is 0 Å². The van der Waals surface area contributed by atoms with Crippen molar-refractivity contribution >= 4 is 99.3 Å². The zero-order valence-corrected chi connectivity index (χ0v) is 5.80. The maximum absolute atomic E-state index is 0. The van der Waals surface area contributed by atoms with Gasteiger partial charge in [0, 0.05) is 0 Å². The third-order valence-corrected chi connectivity index (χ3v) is 0. The first-order valence-electron chi connectivity index (χ1n) is 0. The molecular formula is H15AsGaIn2P. The monoisotopic (exact) mass is 420 g/mol. The van der Waals surface area contributed by atoms with Crippen molar-refractivity contribution in [2.75, 3.05) is 0 Å². The summed E-state index contributed by atoms with van der Waals surface area (Å²) >= 11 is 0. The molecule has 0 spiro atoms. The molecule has 0 aromatic carbocycles. The van der Waals surface area contributed by atoms with Gasteiger partial charge in [-0.05, 0) is 0 Å². The van der Waals surface area contributed by atoms with Gasteiger partial charge in [-0.15, -0.1) is 0 Å². The summed E-state index contributed by atoms with van der Waals surface area (Å²) in [6, 6.07) is 0. The molecule has 5 heavy (non-hydrogen) atoms. The van der Waals surface area contributed by atoms with Crippen molar-refractivity contribution < 1.29 is 0 Å². The van der Waals surface area contributed by atoms with Crippen molar-refractivity contribution in [1.82, 2.24) is 0 Å². The van der Waals surface area contributed by atoms with Crippen molar-refractivity contribution in [1.29, 1.82) is 0 Å². The molecule has 0 rings (SSSR count). The van der Waals surface area contributed by atoms with E-state index in [0.29, 0.717) is 0 Å². The van der Waals surface area contributed by atoms with Crippen molar-refractivity contribution in [2.45, 2.75) is 0 Å². The Balaban J connectivity index is 0. The molecule has 0 amide bonds. The second-order valence-electron chi connectivity index (χ2n) is 0. The number of hydrogen-bond acceptors (Lipinski definition) is 0. The normalized spacial score (nSPS) is 0. The standard InChI is InChI=1S/AsH3.Ga.2In.H3P.9H/h1H3;;;;1H3;;;;;;;;;.